The first-order chi connectivity index (χ1) is 7.39. The van der Waals surface area contributed by atoms with Gasteiger partial charge in [0.2, 0.25) is 0 Å². The monoisotopic (exact) mass is 245 g/mol. The fraction of sp³-hybridized carbons (Fsp3) is 0.846. The Kier molecular flexibility index (Phi) is 7.46. The Morgan fingerprint density at radius 2 is 1.81 bits per heavy atom. The lowest BCUT2D eigenvalue weighted by molar-refractivity contribution is 0.0880. The Morgan fingerprint density at radius 3 is 2.12 bits per heavy atom. The van der Waals surface area contributed by atoms with Crippen LogP contribution in [0.25, 0.3) is 0 Å². The molecule has 0 aliphatic rings. The molecule has 0 amide bonds. The summed E-state index contributed by atoms with van der Waals surface area (Å²) in [6, 6.07) is 1.09. The van der Waals surface area contributed by atoms with E-state index in [0.717, 1.165) is 6.42 Å². The number of hydrogen-bond acceptors (Lipinski definition) is 2. The largest absolute Gasteiger partial charge is 0.357 e. The molecule has 0 fully saturated rings. The molecule has 0 aliphatic carbocycles. The summed E-state index contributed by atoms with van der Waals surface area (Å²) in [5.74, 6) is 0. The van der Waals surface area contributed by atoms with Crippen molar-refractivity contribution in [2.24, 2.45) is 0 Å². The molecule has 2 nitrogen and oxygen atoms in total. The fourth-order valence-electron chi connectivity index (χ4n) is 2.30. The number of nitrogens with zero attached hydrogens (tertiary/aromatic N) is 1. The molecule has 3 heteroatoms. The summed E-state index contributed by atoms with van der Waals surface area (Å²) in [5.41, 5.74) is 0. The summed E-state index contributed by atoms with van der Waals surface area (Å²) in [6.45, 7) is 17.9. The van der Waals surface area contributed by atoms with Gasteiger partial charge in [-0.1, -0.05) is 13.0 Å². The predicted molar refractivity (Wildman–Crippen MR) is 75.3 cm³/mol. The third-order valence-corrected chi connectivity index (χ3v) is 4.23. The Hall–Kier alpha value is 0.0900. The highest BCUT2D eigenvalue weighted by molar-refractivity contribution is 7.34. The van der Waals surface area contributed by atoms with Crippen molar-refractivity contribution in [3.63, 3.8) is 0 Å². The average Bonchev–Trinajstić information content (AvgIpc) is 2.17. The number of rotatable bonds is 8. The van der Waals surface area contributed by atoms with Crippen LogP contribution in [-0.2, 0) is 4.52 Å². The fourth-order valence-corrected chi connectivity index (χ4v) is 3.58. The Labute approximate surface area is 103 Å². The molecule has 0 heterocycles. The zero-order chi connectivity index (χ0) is 12.8. The zero-order valence-electron chi connectivity index (χ0n) is 11.7. The van der Waals surface area contributed by atoms with Gasteiger partial charge in [-0.3, -0.25) is 4.90 Å². The van der Waals surface area contributed by atoms with Crippen molar-refractivity contribution in [1.29, 1.82) is 0 Å². The van der Waals surface area contributed by atoms with E-state index in [2.05, 4.69) is 53.0 Å². The molecule has 16 heavy (non-hydrogen) atoms. The maximum Gasteiger partial charge on any atom is 0.0685 e. The molecule has 0 N–H and O–H groups in total. The zero-order valence-corrected chi connectivity index (χ0v) is 12.7. The van der Waals surface area contributed by atoms with Gasteiger partial charge in [-0.05, 0) is 41.0 Å². The topological polar surface area (TPSA) is 12.5 Å². The lowest BCUT2D eigenvalue weighted by Crippen LogP contribution is -2.50. The van der Waals surface area contributed by atoms with E-state index >= 15 is 0 Å². The van der Waals surface area contributed by atoms with Gasteiger partial charge in [-0.25, -0.2) is 0 Å². The van der Waals surface area contributed by atoms with Crippen molar-refractivity contribution in [2.75, 3.05) is 6.61 Å². The molecule has 2 atom stereocenters. The highest BCUT2D eigenvalue weighted by Crippen LogP contribution is 2.41. The molecule has 96 valence electrons. The Balaban J connectivity index is 4.66. The molecule has 0 spiro atoms. The van der Waals surface area contributed by atoms with Gasteiger partial charge in [0, 0.05) is 20.9 Å². The second-order valence-electron chi connectivity index (χ2n) is 4.92. The van der Waals surface area contributed by atoms with Crippen LogP contribution in [0.3, 0.4) is 0 Å². The van der Waals surface area contributed by atoms with Crippen molar-refractivity contribution in [3.05, 3.63) is 12.7 Å². The second-order valence-corrected chi connectivity index (χ2v) is 6.49. The third kappa shape index (κ3) is 4.53. The first-order valence-electron chi connectivity index (χ1n) is 6.17. The molecule has 0 aromatic carbocycles. The molecule has 0 aromatic heterocycles. The summed E-state index contributed by atoms with van der Waals surface area (Å²) in [4.78, 5) is 2.55. The van der Waals surface area contributed by atoms with Crippen molar-refractivity contribution in [2.45, 2.75) is 65.3 Å². The molecule has 2 unspecified atom stereocenters. The molecule has 0 saturated heterocycles. The molecule has 0 aliphatic heterocycles. The average molecular weight is 245 g/mol. The minimum Gasteiger partial charge on any atom is -0.357 e. The minimum atomic E-state index is 0.144. The normalized spacial score (nSPS) is 16.6. The summed E-state index contributed by atoms with van der Waals surface area (Å²) in [5, 5.41) is 0.144. The summed E-state index contributed by atoms with van der Waals surface area (Å²) in [7, 11) is 0.504. The van der Waals surface area contributed by atoms with Gasteiger partial charge in [-0.15, -0.1) is 6.58 Å². The van der Waals surface area contributed by atoms with E-state index in [4.69, 9.17) is 4.52 Å². The lowest BCUT2D eigenvalue weighted by Gasteiger charge is -2.45. The van der Waals surface area contributed by atoms with Crippen molar-refractivity contribution in [3.8, 4) is 0 Å². The summed E-state index contributed by atoms with van der Waals surface area (Å²) >= 11 is 0. The molecule has 0 aromatic rings. The van der Waals surface area contributed by atoms with Gasteiger partial charge >= 0.3 is 0 Å². The summed E-state index contributed by atoms with van der Waals surface area (Å²) in [6.07, 6.45) is 2.93. The molecule has 0 bridgehead atoms. The highest BCUT2D eigenvalue weighted by atomic mass is 31.1. The van der Waals surface area contributed by atoms with Crippen LogP contribution in [0.4, 0.5) is 0 Å². The van der Waals surface area contributed by atoms with Crippen LogP contribution in [-0.4, -0.2) is 28.9 Å². The first kappa shape index (κ1) is 16.1. The quantitative estimate of drug-likeness (QED) is 0.364. The van der Waals surface area contributed by atoms with E-state index in [1.807, 2.05) is 6.08 Å². The van der Waals surface area contributed by atoms with Crippen LogP contribution < -0.4 is 0 Å². The van der Waals surface area contributed by atoms with Gasteiger partial charge in [-0.2, -0.15) is 0 Å². The molecule has 0 saturated carbocycles. The van der Waals surface area contributed by atoms with Crippen LogP contribution >= 0.6 is 8.81 Å². The van der Waals surface area contributed by atoms with E-state index in [0.29, 0.717) is 27.5 Å². The smallest absolute Gasteiger partial charge is 0.0685 e. The maximum atomic E-state index is 5.69. The van der Waals surface area contributed by atoms with E-state index in [9.17, 15) is 0 Å². The van der Waals surface area contributed by atoms with Crippen LogP contribution in [0.5, 0.6) is 0 Å². The maximum absolute atomic E-state index is 5.69. The van der Waals surface area contributed by atoms with Crippen molar-refractivity contribution < 1.29 is 4.52 Å². The van der Waals surface area contributed by atoms with E-state index in [1.54, 1.807) is 0 Å². The lowest BCUT2D eigenvalue weighted by atomic mass is 10.1. The van der Waals surface area contributed by atoms with Crippen molar-refractivity contribution in [1.82, 2.24) is 4.90 Å². The Bertz CT molecular complexity index is 198. The van der Waals surface area contributed by atoms with Crippen LogP contribution in [0.1, 0.15) is 48.0 Å². The standard InChI is InChI=1S/C13H28NOP/c1-8-10-15-16-13(7,9-2)14(11(3)4)12(5)6/h8,11-12,16H,1,9-10H2,2-7H3. The van der Waals surface area contributed by atoms with Gasteiger partial charge < -0.3 is 4.52 Å². The van der Waals surface area contributed by atoms with E-state index < -0.39 is 0 Å². The predicted octanol–water partition coefficient (Wildman–Crippen LogP) is 4.03. The van der Waals surface area contributed by atoms with E-state index in [1.165, 1.54) is 0 Å². The molecule has 0 rings (SSSR count). The van der Waals surface area contributed by atoms with Crippen molar-refractivity contribution >= 4 is 8.81 Å². The van der Waals surface area contributed by atoms with Gasteiger partial charge in [0.05, 0.1) is 11.9 Å². The minimum absolute atomic E-state index is 0.144. The molecular weight excluding hydrogens is 217 g/mol. The highest BCUT2D eigenvalue weighted by Gasteiger charge is 2.34. The van der Waals surface area contributed by atoms with Gasteiger partial charge in [0.1, 0.15) is 0 Å². The van der Waals surface area contributed by atoms with E-state index in [-0.39, 0.29) is 5.28 Å². The third-order valence-electron chi connectivity index (χ3n) is 2.86. The Morgan fingerprint density at radius 1 is 1.31 bits per heavy atom. The number of hydrogen-bond donors (Lipinski definition) is 0. The van der Waals surface area contributed by atoms with Gasteiger partial charge in [0.15, 0.2) is 0 Å². The van der Waals surface area contributed by atoms with Gasteiger partial charge in [0.25, 0.3) is 0 Å². The second kappa shape index (κ2) is 7.42. The molecule has 0 radical (unpaired) electrons. The van der Waals surface area contributed by atoms with Crippen LogP contribution in [0.15, 0.2) is 12.7 Å². The molecular formula is C13H28NOP. The summed E-state index contributed by atoms with van der Waals surface area (Å²) < 4.78 is 5.69. The SMILES string of the molecule is C=CCOPC(C)(CC)N(C(C)C)C(C)C. The first-order valence-corrected chi connectivity index (χ1v) is 7.08. The van der Waals surface area contributed by atoms with Crippen LogP contribution in [0.2, 0.25) is 0 Å². The van der Waals surface area contributed by atoms with Crippen LogP contribution in [0, 0.1) is 0 Å².